The van der Waals surface area contributed by atoms with Crippen LogP contribution in [0.4, 0.5) is 16.3 Å². The van der Waals surface area contributed by atoms with E-state index in [-0.39, 0.29) is 6.03 Å². The molecule has 0 radical (unpaired) electrons. The van der Waals surface area contributed by atoms with Crippen molar-refractivity contribution in [2.24, 2.45) is 0 Å². The van der Waals surface area contributed by atoms with E-state index in [1.54, 1.807) is 23.1 Å². The fourth-order valence-electron chi connectivity index (χ4n) is 3.30. The standard InChI is InChI=1S/C22H21Cl2N5O/c1-15-2-4-16(5-3-15)19-8-9-21(27-26-19)28-10-12-29(13-11-28)22(30)25-20-14-17(23)6-7-18(20)24/h2-9,14H,10-13H2,1H3,(H,25,30). The molecule has 0 atom stereocenters. The Bertz CT molecular complexity index is 1030. The Morgan fingerprint density at radius 1 is 0.933 bits per heavy atom. The zero-order valence-corrected chi connectivity index (χ0v) is 18.0. The molecule has 1 saturated heterocycles. The number of nitrogens with one attached hydrogen (secondary N) is 1. The lowest BCUT2D eigenvalue weighted by Crippen LogP contribution is -2.50. The number of hydrogen-bond donors (Lipinski definition) is 1. The zero-order valence-electron chi connectivity index (χ0n) is 16.5. The van der Waals surface area contributed by atoms with Crippen molar-refractivity contribution in [3.8, 4) is 11.3 Å². The van der Waals surface area contributed by atoms with Gasteiger partial charge in [0.25, 0.3) is 0 Å². The molecule has 1 aliphatic rings. The molecule has 3 aromatic rings. The van der Waals surface area contributed by atoms with Gasteiger partial charge in [0, 0.05) is 36.8 Å². The molecule has 8 heteroatoms. The van der Waals surface area contributed by atoms with E-state index in [0.717, 1.165) is 17.1 Å². The van der Waals surface area contributed by atoms with Crippen LogP contribution in [0.3, 0.4) is 0 Å². The number of nitrogens with zero attached hydrogens (tertiary/aromatic N) is 4. The van der Waals surface area contributed by atoms with Gasteiger partial charge in [-0.1, -0.05) is 53.0 Å². The smallest absolute Gasteiger partial charge is 0.322 e. The molecular weight excluding hydrogens is 421 g/mol. The third-order valence-corrected chi connectivity index (χ3v) is 5.62. The van der Waals surface area contributed by atoms with Gasteiger partial charge in [-0.3, -0.25) is 0 Å². The summed E-state index contributed by atoms with van der Waals surface area (Å²) in [5, 5.41) is 12.6. The van der Waals surface area contributed by atoms with Crippen LogP contribution in [0.5, 0.6) is 0 Å². The van der Waals surface area contributed by atoms with E-state index in [0.29, 0.717) is 41.9 Å². The van der Waals surface area contributed by atoms with Crippen LogP contribution in [0.2, 0.25) is 10.0 Å². The quantitative estimate of drug-likeness (QED) is 0.612. The summed E-state index contributed by atoms with van der Waals surface area (Å²) >= 11 is 12.1. The first-order valence-corrected chi connectivity index (χ1v) is 10.4. The highest BCUT2D eigenvalue weighted by molar-refractivity contribution is 6.35. The third-order valence-electron chi connectivity index (χ3n) is 5.06. The van der Waals surface area contributed by atoms with Gasteiger partial charge in [-0.25, -0.2) is 4.79 Å². The number of anilines is 2. The second-order valence-electron chi connectivity index (χ2n) is 7.17. The first-order valence-electron chi connectivity index (χ1n) is 9.66. The maximum Gasteiger partial charge on any atom is 0.322 e. The van der Waals surface area contributed by atoms with Crippen LogP contribution in [0.1, 0.15) is 5.56 Å². The van der Waals surface area contributed by atoms with Crippen molar-refractivity contribution in [1.29, 1.82) is 0 Å². The molecule has 154 valence electrons. The van der Waals surface area contributed by atoms with Crippen molar-refractivity contribution in [3.63, 3.8) is 0 Å². The number of aromatic nitrogens is 2. The van der Waals surface area contributed by atoms with Gasteiger partial charge in [-0.2, -0.15) is 0 Å². The summed E-state index contributed by atoms with van der Waals surface area (Å²) in [6, 6.07) is 17.0. The monoisotopic (exact) mass is 441 g/mol. The molecular formula is C22H21Cl2N5O. The van der Waals surface area contributed by atoms with Crippen molar-refractivity contribution in [2.45, 2.75) is 6.92 Å². The van der Waals surface area contributed by atoms with E-state index in [1.165, 1.54) is 5.56 Å². The number of aryl methyl sites for hydroxylation is 1. The Kier molecular flexibility index (Phi) is 6.06. The van der Waals surface area contributed by atoms with Crippen LogP contribution in [-0.4, -0.2) is 47.3 Å². The molecule has 6 nitrogen and oxygen atoms in total. The van der Waals surface area contributed by atoms with Gasteiger partial charge in [0.1, 0.15) is 0 Å². The summed E-state index contributed by atoms with van der Waals surface area (Å²) in [5.41, 5.74) is 3.60. The van der Waals surface area contributed by atoms with E-state index >= 15 is 0 Å². The first-order chi connectivity index (χ1) is 14.5. The summed E-state index contributed by atoms with van der Waals surface area (Å²) < 4.78 is 0. The van der Waals surface area contributed by atoms with E-state index in [9.17, 15) is 4.79 Å². The van der Waals surface area contributed by atoms with Crippen LogP contribution >= 0.6 is 23.2 Å². The number of carbonyl (C=O) groups is 1. The number of urea groups is 1. The Morgan fingerprint density at radius 2 is 1.67 bits per heavy atom. The summed E-state index contributed by atoms with van der Waals surface area (Å²) in [6.45, 7) is 4.56. The normalized spacial score (nSPS) is 14.0. The van der Waals surface area contributed by atoms with Gasteiger partial charge in [0.15, 0.2) is 5.82 Å². The molecule has 2 amide bonds. The SMILES string of the molecule is Cc1ccc(-c2ccc(N3CCN(C(=O)Nc4cc(Cl)ccc4Cl)CC3)nn2)cc1. The number of hydrogen-bond acceptors (Lipinski definition) is 4. The predicted molar refractivity (Wildman–Crippen MR) is 121 cm³/mol. The van der Waals surface area contributed by atoms with Crippen LogP contribution in [0.25, 0.3) is 11.3 Å². The molecule has 1 aromatic heterocycles. The average Bonchev–Trinajstić information content (AvgIpc) is 2.77. The lowest BCUT2D eigenvalue weighted by molar-refractivity contribution is 0.208. The minimum Gasteiger partial charge on any atom is -0.352 e. The molecule has 1 fully saturated rings. The van der Waals surface area contributed by atoms with Gasteiger partial charge in [0.2, 0.25) is 0 Å². The van der Waals surface area contributed by atoms with Crippen molar-refractivity contribution in [2.75, 3.05) is 36.4 Å². The maximum atomic E-state index is 12.6. The minimum absolute atomic E-state index is 0.195. The lowest BCUT2D eigenvalue weighted by Gasteiger charge is -2.35. The summed E-state index contributed by atoms with van der Waals surface area (Å²) in [4.78, 5) is 16.4. The number of halogens is 2. The highest BCUT2D eigenvalue weighted by Gasteiger charge is 2.22. The molecule has 0 aliphatic carbocycles. The maximum absolute atomic E-state index is 12.6. The zero-order chi connectivity index (χ0) is 21.1. The van der Waals surface area contributed by atoms with Gasteiger partial charge < -0.3 is 15.1 Å². The molecule has 1 N–H and O–H groups in total. The average molecular weight is 442 g/mol. The predicted octanol–water partition coefficient (Wildman–Crippen LogP) is 5.11. The third kappa shape index (κ3) is 4.66. The molecule has 4 rings (SSSR count). The van der Waals surface area contributed by atoms with Crippen LogP contribution < -0.4 is 10.2 Å². The molecule has 0 saturated carbocycles. The van der Waals surface area contributed by atoms with E-state index < -0.39 is 0 Å². The highest BCUT2D eigenvalue weighted by atomic mass is 35.5. The van der Waals surface area contributed by atoms with Crippen molar-refractivity contribution in [1.82, 2.24) is 15.1 Å². The fraction of sp³-hybridized carbons (Fsp3) is 0.227. The number of benzene rings is 2. The number of amides is 2. The van der Waals surface area contributed by atoms with Crippen molar-refractivity contribution >= 4 is 40.7 Å². The molecule has 2 heterocycles. The largest absolute Gasteiger partial charge is 0.352 e. The topological polar surface area (TPSA) is 61.4 Å². The van der Waals surface area contributed by atoms with Gasteiger partial charge in [-0.15, -0.1) is 10.2 Å². The Balaban J connectivity index is 1.35. The lowest BCUT2D eigenvalue weighted by atomic mass is 10.1. The van der Waals surface area contributed by atoms with Crippen molar-refractivity contribution < 1.29 is 4.79 Å². The van der Waals surface area contributed by atoms with Gasteiger partial charge in [0.05, 0.1) is 16.4 Å². The van der Waals surface area contributed by atoms with E-state index in [4.69, 9.17) is 23.2 Å². The molecule has 0 spiro atoms. The van der Waals surface area contributed by atoms with Crippen LogP contribution in [0.15, 0.2) is 54.6 Å². The van der Waals surface area contributed by atoms with Crippen LogP contribution in [0, 0.1) is 6.92 Å². The number of rotatable bonds is 3. The fourth-order valence-corrected chi connectivity index (χ4v) is 3.64. The Labute approximate surface area is 185 Å². The van der Waals surface area contributed by atoms with Gasteiger partial charge >= 0.3 is 6.03 Å². The summed E-state index contributed by atoms with van der Waals surface area (Å²) in [6.07, 6.45) is 0. The molecule has 30 heavy (non-hydrogen) atoms. The number of carbonyl (C=O) groups excluding carboxylic acids is 1. The van der Waals surface area contributed by atoms with E-state index in [1.807, 2.05) is 24.3 Å². The van der Waals surface area contributed by atoms with Crippen molar-refractivity contribution in [3.05, 3.63) is 70.2 Å². The second kappa shape index (κ2) is 8.90. The molecule has 0 unspecified atom stereocenters. The van der Waals surface area contributed by atoms with E-state index in [2.05, 4.69) is 39.5 Å². The Hall–Kier alpha value is -2.83. The molecule has 1 aliphatic heterocycles. The number of piperazine rings is 1. The minimum atomic E-state index is -0.195. The summed E-state index contributed by atoms with van der Waals surface area (Å²) in [7, 11) is 0. The Morgan fingerprint density at radius 3 is 2.33 bits per heavy atom. The van der Waals surface area contributed by atoms with Crippen LogP contribution in [-0.2, 0) is 0 Å². The molecule has 0 bridgehead atoms. The molecule has 2 aromatic carbocycles. The van der Waals surface area contributed by atoms with Gasteiger partial charge in [-0.05, 0) is 37.3 Å². The second-order valence-corrected chi connectivity index (χ2v) is 8.01. The highest BCUT2D eigenvalue weighted by Crippen LogP contribution is 2.26. The summed E-state index contributed by atoms with van der Waals surface area (Å²) in [5.74, 6) is 0.809. The first kappa shape index (κ1) is 20.4.